The Hall–Kier alpha value is -0.930. The fraction of sp³-hybridized carbons (Fsp3) is 0.857. The van der Waals surface area contributed by atoms with Gasteiger partial charge in [0.1, 0.15) is 0 Å². The number of hydrogen-bond donors (Lipinski definition) is 1. The molecule has 0 fully saturated rings. The van der Waals surface area contributed by atoms with Crippen LogP contribution >= 0.6 is 0 Å². The lowest BCUT2D eigenvalue weighted by molar-refractivity contribution is -0.137. The summed E-state index contributed by atoms with van der Waals surface area (Å²) in [7, 11) is 0. The van der Waals surface area contributed by atoms with Crippen LogP contribution in [0.25, 0.3) is 0 Å². The first kappa shape index (κ1) is 10.1. The van der Waals surface area contributed by atoms with Gasteiger partial charge in [-0.1, -0.05) is 5.18 Å². The van der Waals surface area contributed by atoms with E-state index in [-0.39, 0.29) is 6.42 Å². The second-order valence-electron chi connectivity index (χ2n) is 3.15. The topological polar surface area (TPSA) is 66.7 Å². The normalized spacial score (nSPS) is 11.1. The predicted octanol–water partition coefficient (Wildman–Crippen LogP) is 1.79. The van der Waals surface area contributed by atoms with Gasteiger partial charge in [-0.15, -0.1) is 0 Å². The van der Waals surface area contributed by atoms with Crippen LogP contribution in [-0.4, -0.2) is 16.6 Å². The highest BCUT2D eigenvalue weighted by Gasteiger charge is 2.17. The molecule has 0 aliphatic carbocycles. The van der Waals surface area contributed by atoms with Crippen LogP contribution in [0.5, 0.6) is 0 Å². The minimum atomic E-state index is -0.827. The Balaban J connectivity index is 3.53. The minimum absolute atomic E-state index is 0.110. The number of carboxylic acids is 1. The van der Waals surface area contributed by atoms with E-state index in [1.807, 2.05) is 0 Å². The summed E-state index contributed by atoms with van der Waals surface area (Å²) in [6.45, 7) is 3.39. The van der Waals surface area contributed by atoms with Gasteiger partial charge in [-0.05, 0) is 26.7 Å². The minimum Gasteiger partial charge on any atom is -0.481 e. The van der Waals surface area contributed by atoms with Gasteiger partial charge >= 0.3 is 5.97 Å². The van der Waals surface area contributed by atoms with Crippen molar-refractivity contribution in [2.75, 3.05) is 0 Å². The van der Waals surface area contributed by atoms with Crippen LogP contribution in [0, 0.1) is 4.91 Å². The highest BCUT2D eigenvalue weighted by atomic mass is 16.4. The molecule has 0 aliphatic heterocycles. The first-order valence-corrected chi connectivity index (χ1v) is 3.54. The van der Waals surface area contributed by atoms with E-state index in [1.165, 1.54) is 0 Å². The maximum Gasteiger partial charge on any atom is 0.303 e. The molecular weight excluding hydrogens is 146 g/mol. The van der Waals surface area contributed by atoms with E-state index in [4.69, 9.17) is 5.11 Å². The average molecular weight is 159 g/mol. The maximum atomic E-state index is 10.1. The van der Waals surface area contributed by atoms with Crippen molar-refractivity contribution in [2.45, 2.75) is 38.6 Å². The first-order valence-electron chi connectivity index (χ1n) is 3.54. The average Bonchev–Trinajstić information content (AvgIpc) is 1.87. The first-order chi connectivity index (χ1) is 4.98. The zero-order chi connectivity index (χ0) is 8.91. The third kappa shape index (κ3) is 5.51. The Kier molecular flexibility index (Phi) is 3.71. The summed E-state index contributed by atoms with van der Waals surface area (Å²) in [6, 6.07) is 0. The van der Waals surface area contributed by atoms with Crippen LogP contribution in [0.1, 0.15) is 33.1 Å². The summed E-state index contributed by atoms with van der Waals surface area (Å²) in [5.74, 6) is -0.827. The van der Waals surface area contributed by atoms with Gasteiger partial charge in [-0.2, -0.15) is 4.91 Å². The standard InChI is InChI=1S/C7H13NO3/c1-7(2,8-11)5-3-4-6(9)10/h3-5H2,1-2H3,(H,9,10). The molecule has 0 radical (unpaired) electrons. The molecule has 11 heavy (non-hydrogen) atoms. The van der Waals surface area contributed by atoms with Crippen molar-refractivity contribution in [1.29, 1.82) is 0 Å². The highest BCUT2D eigenvalue weighted by molar-refractivity contribution is 5.66. The molecule has 0 aromatic rings. The Morgan fingerprint density at radius 1 is 1.55 bits per heavy atom. The lowest BCUT2D eigenvalue weighted by Gasteiger charge is -2.12. The van der Waals surface area contributed by atoms with Gasteiger partial charge in [0.05, 0.1) is 5.54 Å². The van der Waals surface area contributed by atoms with Crippen molar-refractivity contribution in [3.05, 3.63) is 4.91 Å². The van der Waals surface area contributed by atoms with Crippen LogP contribution in [0.4, 0.5) is 0 Å². The number of carboxylic acid groups (broad SMARTS) is 1. The summed E-state index contributed by atoms with van der Waals surface area (Å²) >= 11 is 0. The molecule has 0 heterocycles. The van der Waals surface area contributed by atoms with Crippen molar-refractivity contribution in [2.24, 2.45) is 5.18 Å². The molecular formula is C7H13NO3. The van der Waals surface area contributed by atoms with E-state index in [0.717, 1.165) is 0 Å². The number of nitrogens with zero attached hydrogens (tertiary/aromatic N) is 1. The lowest BCUT2D eigenvalue weighted by atomic mass is 9.99. The van der Waals surface area contributed by atoms with Crippen molar-refractivity contribution in [1.82, 2.24) is 0 Å². The van der Waals surface area contributed by atoms with Crippen molar-refractivity contribution < 1.29 is 9.90 Å². The molecule has 4 heteroatoms. The third-order valence-corrected chi connectivity index (χ3v) is 1.43. The molecule has 0 atom stereocenters. The van der Waals surface area contributed by atoms with Crippen molar-refractivity contribution in [3.63, 3.8) is 0 Å². The molecule has 0 unspecified atom stereocenters. The molecule has 0 aromatic carbocycles. The summed E-state index contributed by atoms with van der Waals surface area (Å²) in [5.41, 5.74) is -0.616. The number of carbonyl (C=O) groups is 1. The molecule has 0 amide bonds. The quantitative estimate of drug-likeness (QED) is 0.622. The zero-order valence-electron chi connectivity index (χ0n) is 6.83. The molecule has 0 saturated carbocycles. The molecule has 1 N–H and O–H groups in total. The van der Waals surface area contributed by atoms with Gasteiger partial charge < -0.3 is 5.11 Å². The molecule has 4 nitrogen and oxygen atoms in total. The third-order valence-electron chi connectivity index (χ3n) is 1.43. The SMILES string of the molecule is CC(C)(CCCC(=O)O)N=O. The van der Waals surface area contributed by atoms with E-state index in [1.54, 1.807) is 13.8 Å². The fourth-order valence-electron chi connectivity index (χ4n) is 0.718. The monoisotopic (exact) mass is 159 g/mol. The summed E-state index contributed by atoms with van der Waals surface area (Å²) < 4.78 is 0. The Morgan fingerprint density at radius 2 is 2.09 bits per heavy atom. The van der Waals surface area contributed by atoms with E-state index >= 15 is 0 Å². The molecule has 0 spiro atoms. The van der Waals surface area contributed by atoms with E-state index in [2.05, 4.69) is 5.18 Å². The van der Waals surface area contributed by atoms with Crippen molar-refractivity contribution >= 4 is 5.97 Å². The molecule has 0 saturated heterocycles. The molecule has 0 bridgehead atoms. The summed E-state index contributed by atoms with van der Waals surface area (Å²) in [5, 5.41) is 11.1. The van der Waals surface area contributed by atoms with Gasteiger partial charge in [-0.3, -0.25) is 4.79 Å². The number of hydrogen-bond acceptors (Lipinski definition) is 3. The molecule has 0 rings (SSSR count). The second kappa shape index (κ2) is 4.05. The largest absolute Gasteiger partial charge is 0.481 e. The van der Waals surface area contributed by atoms with Gasteiger partial charge in [0.2, 0.25) is 0 Å². The Bertz CT molecular complexity index is 154. The van der Waals surface area contributed by atoms with Crippen LogP contribution in [0.15, 0.2) is 5.18 Å². The van der Waals surface area contributed by atoms with Crippen molar-refractivity contribution in [3.8, 4) is 0 Å². The van der Waals surface area contributed by atoms with Crippen LogP contribution in [0.2, 0.25) is 0 Å². The fourth-order valence-corrected chi connectivity index (χ4v) is 0.718. The number of aliphatic carboxylic acids is 1. The molecule has 64 valence electrons. The van der Waals surface area contributed by atoms with E-state index < -0.39 is 11.5 Å². The second-order valence-corrected chi connectivity index (χ2v) is 3.15. The zero-order valence-corrected chi connectivity index (χ0v) is 6.83. The van der Waals surface area contributed by atoms with E-state index in [9.17, 15) is 9.70 Å². The Morgan fingerprint density at radius 3 is 2.45 bits per heavy atom. The smallest absolute Gasteiger partial charge is 0.303 e. The van der Waals surface area contributed by atoms with E-state index in [0.29, 0.717) is 12.8 Å². The molecule has 0 aliphatic rings. The summed E-state index contributed by atoms with van der Waals surface area (Å²) in [6.07, 6.45) is 1.15. The van der Waals surface area contributed by atoms with Gasteiger partial charge in [-0.25, -0.2) is 0 Å². The van der Waals surface area contributed by atoms with Gasteiger partial charge in [0.15, 0.2) is 0 Å². The number of rotatable bonds is 5. The van der Waals surface area contributed by atoms with Crippen LogP contribution < -0.4 is 0 Å². The maximum absolute atomic E-state index is 10.1. The predicted molar refractivity (Wildman–Crippen MR) is 41.4 cm³/mol. The van der Waals surface area contributed by atoms with Crippen LogP contribution in [-0.2, 0) is 4.79 Å². The lowest BCUT2D eigenvalue weighted by Crippen LogP contribution is -2.15. The number of nitroso groups, excluding NO2 is 1. The Labute approximate surface area is 65.6 Å². The van der Waals surface area contributed by atoms with Gasteiger partial charge in [0, 0.05) is 6.42 Å². The van der Waals surface area contributed by atoms with Crippen LogP contribution in [0.3, 0.4) is 0 Å². The molecule has 0 aromatic heterocycles. The van der Waals surface area contributed by atoms with Gasteiger partial charge in [0.25, 0.3) is 0 Å². The summed E-state index contributed by atoms with van der Waals surface area (Å²) in [4.78, 5) is 20.2. The highest BCUT2D eigenvalue weighted by Crippen LogP contribution is 2.16.